The first-order valence-corrected chi connectivity index (χ1v) is 10.7. The van der Waals surface area contributed by atoms with Crippen LogP contribution in [0.4, 0.5) is 0 Å². The van der Waals surface area contributed by atoms with E-state index in [9.17, 15) is 9.59 Å². The molecular weight excluding hydrogens is 440 g/mol. The van der Waals surface area contributed by atoms with Gasteiger partial charge in [0.2, 0.25) is 0 Å². The molecule has 1 fully saturated rings. The number of hydrogen-bond acceptors (Lipinski definition) is 5. The maximum atomic E-state index is 13.5. The third kappa shape index (κ3) is 4.05. The standard InChI is InChI=1S/C25H24N4O3.ClH/c1-16-13-22-23(27-14-16)29(21-11-12-26-15-21)25(31)28(22)20-9-7-18(8-10-20)17-3-5-19(6-4-17)24(30)32-2;/h3-10,13-14,21,26H,11-12,15H2,1-2H3;1H. The molecule has 1 atom stereocenters. The van der Waals surface area contributed by atoms with Gasteiger partial charge in [-0.15, -0.1) is 12.4 Å². The van der Waals surface area contributed by atoms with Crippen molar-refractivity contribution in [2.45, 2.75) is 19.4 Å². The van der Waals surface area contributed by atoms with Crippen molar-refractivity contribution in [3.8, 4) is 16.8 Å². The van der Waals surface area contributed by atoms with E-state index in [0.29, 0.717) is 5.56 Å². The van der Waals surface area contributed by atoms with Crippen molar-refractivity contribution in [1.29, 1.82) is 0 Å². The summed E-state index contributed by atoms with van der Waals surface area (Å²) in [5.74, 6) is -0.357. The molecule has 1 aliphatic rings. The van der Waals surface area contributed by atoms with Crippen LogP contribution in [0.15, 0.2) is 65.6 Å². The predicted molar refractivity (Wildman–Crippen MR) is 131 cm³/mol. The molecule has 0 amide bonds. The fourth-order valence-corrected chi connectivity index (χ4v) is 4.36. The van der Waals surface area contributed by atoms with E-state index in [1.807, 2.05) is 60.2 Å². The Hall–Kier alpha value is -3.42. The molecule has 3 heterocycles. The van der Waals surface area contributed by atoms with Gasteiger partial charge < -0.3 is 10.1 Å². The normalized spacial score (nSPS) is 15.4. The van der Waals surface area contributed by atoms with Crippen LogP contribution in [0, 0.1) is 6.92 Å². The minimum atomic E-state index is -0.357. The van der Waals surface area contributed by atoms with Crippen molar-refractivity contribution in [1.82, 2.24) is 19.4 Å². The number of fused-ring (bicyclic) bond motifs is 1. The zero-order valence-electron chi connectivity index (χ0n) is 18.4. The maximum Gasteiger partial charge on any atom is 0.337 e. The summed E-state index contributed by atoms with van der Waals surface area (Å²) in [6, 6.07) is 17.3. The monoisotopic (exact) mass is 464 g/mol. The molecule has 2 aromatic carbocycles. The lowest BCUT2D eigenvalue weighted by Crippen LogP contribution is -2.28. The molecule has 7 nitrogen and oxygen atoms in total. The summed E-state index contributed by atoms with van der Waals surface area (Å²) in [4.78, 5) is 29.7. The van der Waals surface area contributed by atoms with Crippen molar-refractivity contribution < 1.29 is 9.53 Å². The van der Waals surface area contributed by atoms with Gasteiger partial charge in [0.25, 0.3) is 0 Å². The molecule has 33 heavy (non-hydrogen) atoms. The number of aromatic nitrogens is 3. The van der Waals surface area contributed by atoms with Gasteiger partial charge in [-0.3, -0.25) is 9.13 Å². The molecule has 8 heteroatoms. The number of ether oxygens (including phenoxy) is 1. The van der Waals surface area contributed by atoms with Gasteiger partial charge in [-0.2, -0.15) is 0 Å². The molecule has 0 radical (unpaired) electrons. The van der Waals surface area contributed by atoms with Gasteiger partial charge in [-0.25, -0.2) is 14.6 Å². The van der Waals surface area contributed by atoms with Gasteiger partial charge in [-0.05, 0) is 66.9 Å². The highest BCUT2D eigenvalue weighted by atomic mass is 35.5. The van der Waals surface area contributed by atoms with Gasteiger partial charge >= 0.3 is 11.7 Å². The minimum absolute atomic E-state index is 0. The maximum absolute atomic E-state index is 13.5. The van der Waals surface area contributed by atoms with E-state index < -0.39 is 0 Å². The lowest BCUT2D eigenvalue weighted by atomic mass is 10.0. The van der Waals surface area contributed by atoms with Gasteiger partial charge in [-0.1, -0.05) is 24.3 Å². The van der Waals surface area contributed by atoms with E-state index in [1.165, 1.54) is 7.11 Å². The van der Waals surface area contributed by atoms with Crippen LogP contribution in [-0.2, 0) is 4.74 Å². The number of methoxy groups -OCH3 is 1. The number of nitrogens with zero attached hydrogens (tertiary/aromatic N) is 3. The van der Waals surface area contributed by atoms with Crippen molar-refractivity contribution >= 4 is 29.5 Å². The Balaban J connectivity index is 0.00000259. The van der Waals surface area contributed by atoms with Gasteiger partial charge in [0.15, 0.2) is 5.65 Å². The van der Waals surface area contributed by atoms with Crippen molar-refractivity contribution in [3.63, 3.8) is 0 Å². The fourth-order valence-electron chi connectivity index (χ4n) is 4.36. The topological polar surface area (TPSA) is 78.1 Å². The number of carbonyl (C=O) groups excluding carboxylic acids is 1. The molecule has 0 aliphatic carbocycles. The third-order valence-electron chi connectivity index (χ3n) is 6.01. The molecule has 1 unspecified atom stereocenters. The summed E-state index contributed by atoms with van der Waals surface area (Å²) in [7, 11) is 1.37. The van der Waals surface area contributed by atoms with Crippen LogP contribution in [0.2, 0.25) is 0 Å². The number of pyridine rings is 1. The first-order chi connectivity index (χ1) is 15.6. The number of nitrogens with one attached hydrogen (secondary N) is 1. The first kappa shape index (κ1) is 22.8. The Bertz CT molecular complexity index is 1350. The van der Waals surface area contributed by atoms with Crippen LogP contribution in [0.1, 0.15) is 28.4 Å². The molecule has 1 N–H and O–H groups in total. The number of halogens is 1. The summed E-state index contributed by atoms with van der Waals surface area (Å²) < 4.78 is 8.33. The van der Waals surface area contributed by atoms with Crippen LogP contribution in [0.3, 0.4) is 0 Å². The summed E-state index contributed by atoms with van der Waals surface area (Å²) in [5.41, 5.74) is 5.76. The zero-order chi connectivity index (χ0) is 22.2. The molecule has 1 aliphatic heterocycles. The minimum Gasteiger partial charge on any atom is -0.465 e. The highest BCUT2D eigenvalue weighted by Gasteiger charge is 2.24. The Labute approximate surface area is 197 Å². The Morgan fingerprint density at radius 2 is 1.76 bits per heavy atom. The molecule has 1 saturated heterocycles. The average molecular weight is 465 g/mol. The van der Waals surface area contributed by atoms with E-state index in [4.69, 9.17) is 4.74 Å². The molecule has 0 bridgehead atoms. The van der Waals surface area contributed by atoms with Crippen molar-refractivity contribution in [2.24, 2.45) is 0 Å². The molecule has 5 rings (SSSR count). The summed E-state index contributed by atoms with van der Waals surface area (Å²) in [6.07, 6.45) is 2.72. The second kappa shape index (κ2) is 9.21. The average Bonchev–Trinajstić information content (AvgIpc) is 3.44. The predicted octanol–water partition coefficient (Wildman–Crippen LogP) is 3.91. The number of imidazole rings is 1. The van der Waals surface area contributed by atoms with Gasteiger partial charge in [0.05, 0.1) is 29.9 Å². The van der Waals surface area contributed by atoms with Crippen LogP contribution < -0.4 is 11.0 Å². The number of rotatable bonds is 4. The SMILES string of the molecule is COC(=O)c1ccc(-c2ccc(-n3c(=O)n(C4CCNC4)c4ncc(C)cc43)cc2)cc1.Cl. The van der Waals surface area contributed by atoms with Crippen LogP contribution in [0.5, 0.6) is 0 Å². The number of hydrogen-bond donors (Lipinski definition) is 1. The lowest BCUT2D eigenvalue weighted by Gasteiger charge is -2.09. The van der Waals surface area contributed by atoms with E-state index in [-0.39, 0.29) is 30.1 Å². The Morgan fingerprint density at radius 1 is 1.09 bits per heavy atom. The summed E-state index contributed by atoms with van der Waals surface area (Å²) in [6.45, 7) is 3.66. The molecular formula is C25H25ClN4O3. The van der Waals surface area contributed by atoms with Gasteiger partial charge in [0, 0.05) is 12.7 Å². The largest absolute Gasteiger partial charge is 0.465 e. The van der Waals surface area contributed by atoms with Gasteiger partial charge in [0.1, 0.15) is 0 Å². The quantitative estimate of drug-likeness (QED) is 0.463. The number of carbonyl (C=O) groups is 1. The lowest BCUT2D eigenvalue weighted by molar-refractivity contribution is 0.0601. The molecule has 0 spiro atoms. The fraction of sp³-hybridized carbons (Fsp3) is 0.240. The van der Waals surface area contributed by atoms with Crippen LogP contribution in [-0.4, -0.2) is 40.3 Å². The van der Waals surface area contributed by atoms with Crippen LogP contribution >= 0.6 is 12.4 Å². The number of esters is 1. The molecule has 4 aromatic rings. The molecule has 0 saturated carbocycles. The van der Waals surface area contributed by atoms with E-state index in [0.717, 1.165) is 53.1 Å². The number of aryl methyl sites for hydroxylation is 1. The summed E-state index contributed by atoms with van der Waals surface area (Å²) in [5, 5.41) is 3.34. The number of benzene rings is 2. The Kier molecular flexibility index (Phi) is 6.35. The van der Waals surface area contributed by atoms with E-state index >= 15 is 0 Å². The van der Waals surface area contributed by atoms with Crippen molar-refractivity contribution in [2.75, 3.05) is 20.2 Å². The summed E-state index contributed by atoms with van der Waals surface area (Å²) >= 11 is 0. The van der Waals surface area contributed by atoms with Crippen LogP contribution in [0.25, 0.3) is 28.0 Å². The first-order valence-electron chi connectivity index (χ1n) is 10.7. The third-order valence-corrected chi connectivity index (χ3v) is 6.01. The zero-order valence-corrected chi connectivity index (χ0v) is 19.3. The molecule has 2 aromatic heterocycles. The van der Waals surface area contributed by atoms with Crippen molar-refractivity contribution in [3.05, 3.63) is 82.4 Å². The Morgan fingerprint density at radius 3 is 2.36 bits per heavy atom. The second-order valence-electron chi connectivity index (χ2n) is 8.11. The smallest absolute Gasteiger partial charge is 0.337 e. The highest BCUT2D eigenvalue weighted by Crippen LogP contribution is 2.25. The second-order valence-corrected chi connectivity index (χ2v) is 8.11. The van der Waals surface area contributed by atoms with E-state index in [1.54, 1.807) is 16.7 Å². The van der Waals surface area contributed by atoms with E-state index in [2.05, 4.69) is 10.3 Å². The highest BCUT2D eigenvalue weighted by molar-refractivity contribution is 5.90. The molecule has 170 valence electrons.